The lowest BCUT2D eigenvalue weighted by molar-refractivity contribution is -0.132. The molecule has 1 saturated heterocycles. The zero-order valence-corrected chi connectivity index (χ0v) is 14.3. The maximum Gasteiger partial charge on any atom is 0.223 e. The van der Waals surface area contributed by atoms with Gasteiger partial charge in [0, 0.05) is 31.0 Å². The number of hydrogen-bond acceptors (Lipinski definition) is 3. The summed E-state index contributed by atoms with van der Waals surface area (Å²) in [4.78, 5) is 26.7. The highest BCUT2D eigenvalue weighted by molar-refractivity contribution is 5.99. The van der Waals surface area contributed by atoms with Gasteiger partial charge in [0.2, 0.25) is 5.91 Å². The quantitative estimate of drug-likeness (QED) is 0.821. The largest absolute Gasteiger partial charge is 0.393 e. The van der Waals surface area contributed by atoms with E-state index in [4.69, 9.17) is 0 Å². The molecule has 4 nitrogen and oxygen atoms in total. The average Bonchev–Trinajstić information content (AvgIpc) is 2.94. The monoisotopic (exact) mass is 317 g/mol. The van der Waals surface area contributed by atoms with Gasteiger partial charge in [0.15, 0.2) is 5.78 Å². The molecule has 0 aromatic heterocycles. The number of carbonyl (C=O) groups is 2. The highest BCUT2D eigenvalue weighted by Crippen LogP contribution is 2.23. The molecule has 126 valence electrons. The molecule has 1 fully saturated rings. The van der Waals surface area contributed by atoms with E-state index in [-0.39, 0.29) is 30.6 Å². The molecule has 1 aliphatic rings. The Morgan fingerprint density at radius 1 is 1.30 bits per heavy atom. The van der Waals surface area contributed by atoms with Crippen LogP contribution in [0.25, 0.3) is 0 Å². The van der Waals surface area contributed by atoms with Gasteiger partial charge in [-0.25, -0.2) is 0 Å². The van der Waals surface area contributed by atoms with Crippen LogP contribution in [-0.4, -0.2) is 40.4 Å². The van der Waals surface area contributed by atoms with Crippen molar-refractivity contribution in [2.45, 2.75) is 65.0 Å². The molecule has 2 atom stereocenters. The van der Waals surface area contributed by atoms with Crippen LogP contribution in [0.5, 0.6) is 0 Å². The highest BCUT2D eigenvalue weighted by Gasteiger charge is 2.29. The minimum Gasteiger partial charge on any atom is -0.393 e. The van der Waals surface area contributed by atoms with Crippen molar-refractivity contribution in [3.8, 4) is 0 Å². The fourth-order valence-electron chi connectivity index (χ4n) is 3.34. The second-order valence-corrected chi connectivity index (χ2v) is 6.71. The second kappa shape index (κ2) is 7.73. The molecular formula is C19H27NO3. The van der Waals surface area contributed by atoms with Gasteiger partial charge in [0.1, 0.15) is 0 Å². The van der Waals surface area contributed by atoms with Crippen molar-refractivity contribution in [1.82, 2.24) is 4.90 Å². The van der Waals surface area contributed by atoms with Crippen molar-refractivity contribution in [2.24, 2.45) is 0 Å². The molecule has 1 aromatic carbocycles. The van der Waals surface area contributed by atoms with E-state index < -0.39 is 6.10 Å². The number of aliphatic hydroxyl groups excluding tert-OH is 1. The first-order valence-corrected chi connectivity index (χ1v) is 8.46. The van der Waals surface area contributed by atoms with Gasteiger partial charge in [0.05, 0.1) is 6.10 Å². The topological polar surface area (TPSA) is 57.6 Å². The predicted molar refractivity (Wildman–Crippen MR) is 90.5 cm³/mol. The molecule has 0 aliphatic carbocycles. The van der Waals surface area contributed by atoms with Crippen LogP contribution in [0.1, 0.15) is 60.5 Å². The number of Topliss-reactive ketones (excluding diaryl/α,β-unsaturated/α-hetero) is 1. The Morgan fingerprint density at radius 2 is 2.04 bits per heavy atom. The summed E-state index contributed by atoms with van der Waals surface area (Å²) in [6.45, 7) is 6.39. The van der Waals surface area contributed by atoms with Crippen LogP contribution >= 0.6 is 0 Å². The summed E-state index contributed by atoms with van der Waals surface area (Å²) in [6.07, 6.45) is 2.65. The molecule has 23 heavy (non-hydrogen) atoms. The van der Waals surface area contributed by atoms with Crippen LogP contribution < -0.4 is 0 Å². The number of ketones is 1. The Morgan fingerprint density at radius 3 is 2.74 bits per heavy atom. The smallest absolute Gasteiger partial charge is 0.223 e. The van der Waals surface area contributed by atoms with Crippen LogP contribution in [0.4, 0.5) is 0 Å². The maximum absolute atomic E-state index is 12.4. The van der Waals surface area contributed by atoms with E-state index >= 15 is 0 Å². The first-order chi connectivity index (χ1) is 10.9. The molecular weight excluding hydrogens is 290 g/mol. The third-order valence-corrected chi connectivity index (χ3v) is 4.57. The molecule has 0 bridgehead atoms. The van der Waals surface area contributed by atoms with Crippen LogP contribution in [0.15, 0.2) is 18.2 Å². The number of likely N-dealkylation sites (tertiary alicyclic amines) is 1. The molecule has 2 unspecified atom stereocenters. The normalized spacial score (nSPS) is 19.0. The number of nitrogens with zero attached hydrogens (tertiary/aromatic N) is 1. The molecule has 4 heteroatoms. The van der Waals surface area contributed by atoms with Gasteiger partial charge < -0.3 is 10.0 Å². The lowest BCUT2D eigenvalue weighted by atomic mass is 9.99. The molecule has 0 saturated carbocycles. The SMILES string of the molecule is Cc1ccc(C)c(C(=O)CCC(=O)N2CCCC2CC(C)O)c1. The van der Waals surface area contributed by atoms with Crippen molar-refractivity contribution in [2.75, 3.05) is 6.54 Å². The van der Waals surface area contributed by atoms with E-state index in [1.807, 2.05) is 36.9 Å². The Balaban J connectivity index is 1.93. The summed E-state index contributed by atoms with van der Waals surface area (Å²) in [5.41, 5.74) is 2.74. The van der Waals surface area contributed by atoms with Crippen LogP contribution in [0.3, 0.4) is 0 Å². The molecule has 0 spiro atoms. The third kappa shape index (κ3) is 4.64. The Hall–Kier alpha value is -1.68. The van der Waals surface area contributed by atoms with E-state index in [1.54, 1.807) is 6.92 Å². The first kappa shape index (κ1) is 17.7. The minimum atomic E-state index is -0.398. The van der Waals surface area contributed by atoms with Crippen molar-refractivity contribution in [3.63, 3.8) is 0 Å². The molecule has 1 N–H and O–H groups in total. The minimum absolute atomic E-state index is 0.0332. The zero-order chi connectivity index (χ0) is 17.0. The molecule has 1 amide bonds. The number of carbonyl (C=O) groups excluding carboxylic acids is 2. The van der Waals surface area contributed by atoms with Gasteiger partial charge in [-0.3, -0.25) is 9.59 Å². The van der Waals surface area contributed by atoms with Gasteiger partial charge in [0.25, 0.3) is 0 Å². The molecule has 1 aromatic rings. The fourth-order valence-corrected chi connectivity index (χ4v) is 3.34. The van der Waals surface area contributed by atoms with Gasteiger partial charge in [-0.2, -0.15) is 0 Å². The lowest BCUT2D eigenvalue weighted by Crippen LogP contribution is -2.37. The van der Waals surface area contributed by atoms with Crippen molar-refractivity contribution in [3.05, 3.63) is 34.9 Å². The molecule has 2 rings (SSSR count). The highest BCUT2D eigenvalue weighted by atomic mass is 16.3. The van der Waals surface area contributed by atoms with E-state index in [0.717, 1.165) is 36.1 Å². The summed E-state index contributed by atoms with van der Waals surface area (Å²) in [5, 5.41) is 9.54. The van der Waals surface area contributed by atoms with Gasteiger partial charge in [-0.05, 0) is 51.7 Å². The summed E-state index contributed by atoms with van der Waals surface area (Å²) >= 11 is 0. The number of aliphatic hydroxyl groups is 1. The van der Waals surface area contributed by atoms with Crippen molar-refractivity contribution in [1.29, 1.82) is 0 Å². The van der Waals surface area contributed by atoms with Crippen molar-refractivity contribution >= 4 is 11.7 Å². The van der Waals surface area contributed by atoms with E-state index in [0.29, 0.717) is 6.42 Å². The van der Waals surface area contributed by atoms with E-state index in [2.05, 4.69) is 0 Å². The number of rotatable bonds is 6. The second-order valence-electron chi connectivity index (χ2n) is 6.71. The summed E-state index contributed by atoms with van der Waals surface area (Å²) in [5.74, 6) is 0.0672. The molecule has 0 radical (unpaired) electrons. The van der Waals surface area contributed by atoms with Gasteiger partial charge >= 0.3 is 0 Å². The van der Waals surface area contributed by atoms with Crippen LogP contribution in [0, 0.1) is 13.8 Å². The van der Waals surface area contributed by atoms with Crippen molar-refractivity contribution < 1.29 is 14.7 Å². The lowest BCUT2D eigenvalue weighted by Gasteiger charge is -2.25. The Bertz CT molecular complexity index is 580. The van der Waals surface area contributed by atoms with Crippen LogP contribution in [-0.2, 0) is 4.79 Å². The summed E-state index contributed by atoms with van der Waals surface area (Å²) in [6, 6.07) is 5.96. The first-order valence-electron chi connectivity index (χ1n) is 8.46. The summed E-state index contributed by atoms with van der Waals surface area (Å²) < 4.78 is 0. The summed E-state index contributed by atoms with van der Waals surface area (Å²) in [7, 11) is 0. The number of amides is 1. The fraction of sp³-hybridized carbons (Fsp3) is 0.579. The number of benzene rings is 1. The van der Waals surface area contributed by atoms with Gasteiger partial charge in [-0.1, -0.05) is 17.7 Å². The van der Waals surface area contributed by atoms with E-state index in [1.165, 1.54) is 0 Å². The molecule has 1 aliphatic heterocycles. The Kier molecular flexibility index (Phi) is 5.94. The Labute approximate surface area is 138 Å². The number of aryl methyl sites for hydroxylation is 2. The average molecular weight is 317 g/mol. The maximum atomic E-state index is 12.4. The predicted octanol–water partition coefficient (Wildman–Crippen LogP) is 3.03. The zero-order valence-electron chi connectivity index (χ0n) is 14.3. The molecule has 1 heterocycles. The number of hydrogen-bond donors (Lipinski definition) is 1. The third-order valence-electron chi connectivity index (χ3n) is 4.57. The standard InChI is InChI=1S/C19H27NO3/c1-13-6-7-14(2)17(11-13)18(22)8-9-19(23)20-10-4-5-16(20)12-15(3)21/h6-7,11,15-16,21H,4-5,8-10,12H2,1-3H3. The van der Waals surface area contributed by atoms with Crippen LogP contribution in [0.2, 0.25) is 0 Å². The van der Waals surface area contributed by atoms with E-state index in [9.17, 15) is 14.7 Å². The van der Waals surface area contributed by atoms with Gasteiger partial charge in [-0.15, -0.1) is 0 Å².